The normalized spacial score (nSPS) is 15.0. The van der Waals surface area contributed by atoms with E-state index in [9.17, 15) is 4.79 Å². The van der Waals surface area contributed by atoms with Crippen LogP contribution in [0.15, 0.2) is 42.5 Å². The van der Waals surface area contributed by atoms with Gasteiger partial charge in [0.1, 0.15) is 5.82 Å². The fourth-order valence-electron chi connectivity index (χ4n) is 3.36. The van der Waals surface area contributed by atoms with Crippen LogP contribution in [-0.4, -0.2) is 54.2 Å². The van der Waals surface area contributed by atoms with Crippen LogP contribution in [0.3, 0.4) is 0 Å². The van der Waals surface area contributed by atoms with Crippen LogP contribution < -0.4 is 5.32 Å². The van der Waals surface area contributed by atoms with Crippen molar-refractivity contribution >= 4 is 22.6 Å². The Hall–Kier alpha value is -2.74. The third kappa shape index (κ3) is 4.39. The summed E-state index contributed by atoms with van der Waals surface area (Å²) in [6.45, 7) is 4.62. The zero-order valence-corrected chi connectivity index (χ0v) is 15.9. The van der Waals surface area contributed by atoms with Crippen LogP contribution in [0.1, 0.15) is 21.7 Å². The number of morpholine rings is 1. The van der Waals surface area contributed by atoms with Crippen LogP contribution >= 0.6 is 0 Å². The van der Waals surface area contributed by atoms with Gasteiger partial charge in [-0.3, -0.25) is 9.69 Å². The van der Waals surface area contributed by atoms with E-state index in [1.165, 1.54) is 0 Å². The average Bonchev–Trinajstić information content (AvgIpc) is 3.10. The second-order valence-electron chi connectivity index (χ2n) is 6.89. The second-order valence-corrected chi connectivity index (χ2v) is 6.89. The van der Waals surface area contributed by atoms with E-state index in [0.29, 0.717) is 12.2 Å². The monoisotopic (exact) mass is 380 g/mol. The van der Waals surface area contributed by atoms with E-state index in [2.05, 4.69) is 20.2 Å². The lowest BCUT2D eigenvalue weighted by molar-refractivity contribution is 0.0332. The lowest BCUT2D eigenvalue weighted by Gasteiger charge is -2.25. The van der Waals surface area contributed by atoms with Crippen molar-refractivity contribution < 1.29 is 14.3 Å². The van der Waals surface area contributed by atoms with Crippen molar-refractivity contribution in [2.24, 2.45) is 0 Å². The second kappa shape index (κ2) is 8.52. The first-order valence-electron chi connectivity index (χ1n) is 9.39. The van der Waals surface area contributed by atoms with E-state index in [0.717, 1.165) is 61.0 Å². The molecule has 7 nitrogen and oxygen atoms in total. The topological polar surface area (TPSA) is 79.5 Å². The summed E-state index contributed by atoms with van der Waals surface area (Å²) in [5, 5.41) is 2.96. The quantitative estimate of drug-likeness (QED) is 0.687. The molecule has 2 heterocycles. The molecule has 0 radical (unpaired) electrons. The van der Waals surface area contributed by atoms with Crippen molar-refractivity contribution in [3.63, 3.8) is 0 Å². The minimum atomic E-state index is -0.148. The van der Waals surface area contributed by atoms with Crippen LogP contribution in [0.25, 0.3) is 11.0 Å². The Morgan fingerprint density at radius 1 is 1.25 bits per heavy atom. The van der Waals surface area contributed by atoms with Crippen LogP contribution in [0.4, 0.5) is 5.69 Å². The average molecular weight is 380 g/mol. The van der Waals surface area contributed by atoms with Gasteiger partial charge in [0.25, 0.3) is 5.91 Å². The molecule has 0 spiro atoms. The predicted molar refractivity (Wildman–Crippen MR) is 107 cm³/mol. The number of H-pyrrole nitrogens is 1. The molecule has 0 saturated carbocycles. The molecule has 7 heteroatoms. The highest BCUT2D eigenvalue weighted by Gasteiger charge is 2.13. The van der Waals surface area contributed by atoms with E-state index in [1.54, 1.807) is 13.2 Å². The molecule has 3 aromatic rings. The molecule has 1 aliphatic heterocycles. The van der Waals surface area contributed by atoms with Crippen molar-refractivity contribution in [1.29, 1.82) is 0 Å². The Morgan fingerprint density at radius 3 is 2.93 bits per heavy atom. The van der Waals surface area contributed by atoms with Gasteiger partial charge in [-0.2, -0.15) is 0 Å². The van der Waals surface area contributed by atoms with Gasteiger partial charge in [0, 0.05) is 31.5 Å². The number of carbonyl (C=O) groups excluding carboxylic acids is 1. The van der Waals surface area contributed by atoms with Gasteiger partial charge in [-0.1, -0.05) is 12.1 Å². The number of nitrogens with zero attached hydrogens (tertiary/aromatic N) is 2. The van der Waals surface area contributed by atoms with Crippen LogP contribution in [0.5, 0.6) is 0 Å². The molecule has 1 amide bonds. The fourth-order valence-corrected chi connectivity index (χ4v) is 3.36. The summed E-state index contributed by atoms with van der Waals surface area (Å²) < 4.78 is 10.5. The molecule has 1 aliphatic rings. The number of rotatable bonds is 6. The van der Waals surface area contributed by atoms with Crippen molar-refractivity contribution in [3.8, 4) is 0 Å². The zero-order valence-electron chi connectivity index (χ0n) is 15.9. The Kier molecular flexibility index (Phi) is 5.66. The van der Waals surface area contributed by atoms with Crippen LogP contribution in [-0.2, 0) is 22.6 Å². The number of ether oxygens (including phenoxy) is 2. The van der Waals surface area contributed by atoms with Gasteiger partial charge in [0.2, 0.25) is 0 Å². The lowest BCUT2D eigenvalue weighted by Crippen LogP contribution is -2.35. The van der Waals surface area contributed by atoms with E-state index in [-0.39, 0.29) is 5.91 Å². The maximum atomic E-state index is 12.6. The highest BCUT2D eigenvalue weighted by molar-refractivity contribution is 6.05. The number of aromatic amines is 1. The summed E-state index contributed by atoms with van der Waals surface area (Å²) in [7, 11) is 1.64. The Bertz CT molecular complexity index is 963. The SMILES string of the molecule is COCc1cccc(C(=O)Nc2ccc3nc(CN4CCOCC4)[nH]c3c2)c1. The van der Waals surface area contributed by atoms with Gasteiger partial charge < -0.3 is 19.8 Å². The minimum absolute atomic E-state index is 0.148. The molecule has 1 saturated heterocycles. The number of aromatic nitrogens is 2. The number of methoxy groups -OCH3 is 1. The Morgan fingerprint density at radius 2 is 2.11 bits per heavy atom. The van der Waals surface area contributed by atoms with Crippen molar-refractivity contribution in [2.45, 2.75) is 13.2 Å². The van der Waals surface area contributed by atoms with Crippen LogP contribution in [0.2, 0.25) is 0 Å². The third-order valence-corrected chi connectivity index (χ3v) is 4.77. The van der Waals surface area contributed by atoms with Gasteiger partial charge >= 0.3 is 0 Å². The molecule has 0 bridgehead atoms. The highest BCUT2D eigenvalue weighted by atomic mass is 16.5. The highest BCUT2D eigenvalue weighted by Crippen LogP contribution is 2.19. The lowest BCUT2D eigenvalue weighted by atomic mass is 10.1. The van der Waals surface area contributed by atoms with Crippen molar-refractivity contribution in [1.82, 2.24) is 14.9 Å². The van der Waals surface area contributed by atoms with Crippen molar-refractivity contribution in [2.75, 3.05) is 38.7 Å². The number of fused-ring (bicyclic) bond motifs is 1. The molecule has 0 atom stereocenters. The van der Waals surface area contributed by atoms with Crippen molar-refractivity contribution in [3.05, 3.63) is 59.4 Å². The van der Waals surface area contributed by atoms with E-state index < -0.39 is 0 Å². The largest absolute Gasteiger partial charge is 0.380 e. The molecule has 2 N–H and O–H groups in total. The number of hydrogen-bond acceptors (Lipinski definition) is 5. The maximum absolute atomic E-state index is 12.6. The van der Waals surface area contributed by atoms with Gasteiger partial charge in [-0.05, 0) is 35.9 Å². The molecule has 1 fully saturated rings. The van der Waals surface area contributed by atoms with E-state index >= 15 is 0 Å². The summed E-state index contributed by atoms with van der Waals surface area (Å²) in [6, 6.07) is 13.1. The molecular weight excluding hydrogens is 356 g/mol. The van der Waals surface area contributed by atoms with Gasteiger partial charge in [-0.15, -0.1) is 0 Å². The third-order valence-electron chi connectivity index (χ3n) is 4.77. The summed E-state index contributed by atoms with van der Waals surface area (Å²) in [4.78, 5) is 22.9. The summed E-state index contributed by atoms with van der Waals surface area (Å²) in [5.41, 5.74) is 4.10. The molecule has 1 aromatic heterocycles. The fraction of sp³-hybridized carbons (Fsp3) is 0.333. The molecule has 2 aromatic carbocycles. The van der Waals surface area contributed by atoms with Gasteiger partial charge in [0.15, 0.2) is 0 Å². The smallest absolute Gasteiger partial charge is 0.255 e. The number of anilines is 1. The first-order valence-corrected chi connectivity index (χ1v) is 9.39. The number of imidazole rings is 1. The Balaban J connectivity index is 1.46. The van der Waals surface area contributed by atoms with Crippen LogP contribution in [0, 0.1) is 0 Å². The predicted octanol–water partition coefficient (Wildman–Crippen LogP) is 2.79. The summed E-state index contributed by atoms with van der Waals surface area (Å²) >= 11 is 0. The zero-order chi connectivity index (χ0) is 19.3. The Labute approximate surface area is 163 Å². The molecule has 0 aliphatic carbocycles. The number of benzene rings is 2. The summed E-state index contributed by atoms with van der Waals surface area (Å²) in [5.74, 6) is 0.776. The first kappa shape index (κ1) is 18.6. The minimum Gasteiger partial charge on any atom is -0.380 e. The molecule has 0 unspecified atom stereocenters. The molecule has 146 valence electrons. The molecular formula is C21H24N4O3. The van der Waals surface area contributed by atoms with E-state index in [1.807, 2.05) is 36.4 Å². The van der Waals surface area contributed by atoms with Gasteiger partial charge in [-0.25, -0.2) is 4.98 Å². The maximum Gasteiger partial charge on any atom is 0.255 e. The van der Waals surface area contributed by atoms with E-state index in [4.69, 9.17) is 9.47 Å². The number of amides is 1. The summed E-state index contributed by atoms with van der Waals surface area (Å²) in [6.07, 6.45) is 0. The van der Waals surface area contributed by atoms with Gasteiger partial charge in [0.05, 0.1) is 37.4 Å². The molecule has 4 rings (SSSR count). The first-order chi connectivity index (χ1) is 13.7. The molecule has 28 heavy (non-hydrogen) atoms. The number of nitrogens with one attached hydrogen (secondary N) is 2. The number of hydrogen-bond donors (Lipinski definition) is 2. The number of carbonyl (C=O) groups is 1. The standard InChI is InChI=1S/C21H24N4O3/c1-27-14-15-3-2-4-16(11-15)21(26)22-17-5-6-18-19(12-17)24-20(23-18)13-25-7-9-28-10-8-25/h2-6,11-12H,7-10,13-14H2,1H3,(H,22,26)(H,23,24).